The number of amides is 2. The van der Waals surface area contributed by atoms with E-state index in [1.54, 1.807) is 18.2 Å². The summed E-state index contributed by atoms with van der Waals surface area (Å²) in [5.74, 6) is -2.35. The molecule has 270 valence electrons. The Morgan fingerprint density at radius 3 is 2.02 bits per heavy atom. The molecule has 0 spiro atoms. The van der Waals surface area contributed by atoms with Gasteiger partial charge in [-0.1, -0.05) is 36.4 Å². The van der Waals surface area contributed by atoms with E-state index in [-0.39, 0.29) is 23.3 Å². The lowest BCUT2D eigenvalue weighted by molar-refractivity contribution is -0.143. The minimum Gasteiger partial charge on any atom is -0.481 e. The van der Waals surface area contributed by atoms with Crippen LogP contribution in [0.5, 0.6) is 0 Å². The maximum absolute atomic E-state index is 13.9. The van der Waals surface area contributed by atoms with E-state index < -0.39 is 11.9 Å². The van der Waals surface area contributed by atoms with Crippen molar-refractivity contribution in [2.24, 2.45) is 5.92 Å². The van der Waals surface area contributed by atoms with Crippen LogP contribution in [0.25, 0.3) is 0 Å². The van der Waals surface area contributed by atoms with Crippen LogP contribution in [-0.4, -0.2) is 50.9 Å². The molecule has 0 bridgehead atoms. The molecule has 10 heteroatoms. The van der Waals surface area contributed by atoms with Gasteiger partial charge in [-0.2, -0.15) is 0 Å². The van der Waals surface area contributed by atoms with E-state index in [2.05, 4.69) is 21.6 Å². The predicted molar refractivity (Wildman–Crippen MR) is 203 cm³/mol. The van der Waals surface area contributed by atoms with Gasteiger partial charge in [-0.25, -0.2) is 4.79 Å². The number of hydrogen-bond acceptors (Lipinski definition) is 6. The van der Waals surface area contributed by atoms with Crippen molar-refractivity contribution in [2.45, 2.75) is 95.7 Å². The van der Waals surface area contributed by atoms with E-state index in [4.69, 9.17) is 0 Å². The molecule has 1 aromatic heterocycles. The first-order chi connectivity index (χ1) is 25.2. The molecule has 0 radical (unpaired) electrons. The first-order valence-corrected chi connectivity index (χ1v) is 19.3. The highest BCUT2D eigenvalue weighted by Crippen LogP contribution is 2.39. The number of carboxylic acids is 2. The maximum Gasteiger partial charge on any atom is 0.335 e. The fraction of sp³-hybridized carbons (Fsp3) is 0.381. The zero-order chi connectivity index (χ0) is 36.2. The fourth-order valence-corrected chi connectivity index (χ4v) is 9.09. The number of aliphatic carboxylic acids is 1. The molecule has 2 amide bonds. The van der Waals surface area contributed by atoms with Crippen LogP contribution in [0.15, 0.2) is 72.8 Å². The van der Waals surface area contributed by atoms with Crippen molar-refractivity contribution in [3.63, 3.8) is 0 Å². The molecule has 2 fully saturated rings. The Kier molecular flexibility index (Phi) is 10.8. The van der Waals surface area contributed by atoms with Crippen molar-refractivity contribution in [1.29, 1.82) is 0 Å². The number of rotatable bonds is 13. The Morgan fingerprint density at radius 1 is 0.692 bits per heavy atom. The summed E-state index contributed by atoms with van der Waals surface area (Å²) in [4.78, 5) is 54.1. The van der Waals surface area contributed by atoms with Crippen LogP contribution < -0.4 is 10.6 Å². The van der Waals surface area contributed by atoms with Crippen LogP contribution >= 0.6 is 11.3 Å². The van der Waals surface area contributed by atoms with Gasteiger partial charge in [0, 0.05) is 34.8 Å². The van der Waals surface area contributed by atoms with E-state index in [1.807, 2.05) is 48.5 Å². The second kappa shape index (κ2) is 15.8. The van der Waals surface area contributed by atoms with Crippen LogP contribution in [-0.2, 0) is 37.0 Å². The topological polar surface area (TPSA) is 136 Å². The van der Waals surface area contributed by atoms with Crippen LogP contribution in [0.1, 0.15) is 110 Å². The number of benzene rings is 3. The molecule has 0 unspecified atom stereocenters. The number of carboxylic acid groups (broad SMARTS) is 2. The number of carbonyl (C=O) groups excluding carboxylic acids is 2. The van der Waals surface area contributed by atoms with Crippen molar-refractivity contribution in [2.75, 3.05) is 10.6 Å². The first kappa shape index (κ1) is 35.6. The highest BCUT2D eigenvalue weighted by molar-refractivity contribution is 7.17. The second-order valence-electron chi connectivity index (χ2n) is 14.5. The van der Waals surface area contributed by atoms with Gasteiger partial charge in [0.05, 0.1) is 17.0 Å². The smallest absolute Gasteiger partial charge is 0.335 e. The molecule has 0 saturated heterocycles. The van der Waals surface area contributed by atoms with E-state index in [0.717, 1.165) is 91.5 Å². The summed E-state index contributed by atoms with van der Waals surface area (Å²) in [7, 11) is 0. The minimum absolute atomic E-state index is 0.237. The number of thiophene rings is 1. The molecule has 4 N–H and O–H groups in total. The van der Waals surface area contributed by atoms with Crippen LogP contribution in [0.2, 0.25) is 0 Å². The lowest BCUT2D eigenvalue weighted by atomic mass is 9.85. The van der Waals surface area contributed by atoms with Gasteiger partial charge in [0.2, 0.25) is 0 Å². The van der Waals surface area contributed by atoms with E-state index in [9.17, 15) is 29.4 Å². The number of carbonyl (C=O) groups is 4. The van der Waals surface area contributed by atoms with Gasteiger partial charge in [0.1, 0.15) is 5.00 Å². The molecule has 9 nitrogen and oxygen atoms in total. The lowest BCUT2D eigenvalue weighted by Crippen LogP contribution is -2.40. The fourth-order valence-electron chi connectivity index (χ4n) is 7.80. The van der Waals surface area contributed by atoms with Gasteiger partial charge in [0.15, 0.2) is 0 Å². The molecule has 4 aromatic rings. The Bertz CT molecular complexity index is 1960. The Labute approximate surface area is 308 Å². The number of aromatic carboxylic acids is 1. The molecular weight excluding hydrogens is 675 g/mol. The molecule has 52 heavy (non-hydrogen) atoms. The molecule has 2 saturated carbocycles. The highest BCUT2D eigenvalue weighted by atomic mass is 32.1. The average Bonchev–Trinajstić information content (AvgIpc) is 3.94. The van der Waals surface area contributed by atoms with Gasteiger partial charge < -0.3 is 20.8 Å². The van der Waals surface area contributed by atoms with Crippen molar-refractivity contribution in [3.8, 4) is 0 Å². The molecule has 7 rings (SSSR count). The van der Waals surface area contributed by atoms with E-state index >= 15 is 0 Å². The molecule has 3 aromatic carbocycles. The minimum atomic E-state index is -0.938. The Morgan fingerprint density at radius 2 is 1.33 bits per heavy atom. The number of aryl methyl sites for hydroxylation is 3. The SMILES string of the molecule is O=C(O)c1cccc(CCc2ccc(NC(=O)c3c(NC(=O)c4cccc(CN(C5CCC(C(=O)O)CC5)C5CC5)c4)sc4c3CCCC4)cc2)c1. The highest BCUT2D eigenvalue weighted by Gasteiger charge is 2.37. The number of hydrogen-bond donors (Lipinski definition) is 4. The Balaban J connectivity index is 1.02. The molecule has 3 aliphatic rings. The van der Waals surface area contributed by atoms with Crippen LogP contribution in [0.4, 0.5) is 10.7 Å². The van der Waals surface area contributed by atoms with Gasteiger partial charge in [0.25, 0.3) is 11.8 Å². The number of anilines is 2. The molecule has 1 heterocycles. The third-order valence-corrected chi connectivity index (χ3v) is 12.0. The Hall–Kier alpha value is -4.80. The van der Waals surface area contributed by atoms with Crippen LogP contribution in [0, 0.1) is 5.92 Å². The summed E-state index contributed by atoms with van der Waals surface area (Å²) in [6.45, 7) is 0.728. The molecular formula is C42H45N3O6S. The molecule has 0 aliphatic heterocycles. The van der Waals surface area contributed by atoms with Gasteiger partial charge in [-0.3, -0.25) is 19.3 Å². The van der Waals surface area contributed by atoms with E-state index in [1.165, 1.54) is 11.3 Å². The predicted octanol–water partition coefficient (Wildman–Crippen LogP) is 8.22. The average molecular weight is 720 g/mol. The quantitative estimate of drug-likeness (QED) is 0.109. The molecule has 3 aliphatic carbocycles. The van der Waals surface area contributed by atoms with Crippen molar-refractivity contribution in [1.82, 2.24) is 4.90 Å². The standard InChI is InChI=1S/C42H45N3O6S/c46-38(30-7-4-6-28(24-30)25-45(34-21-22-34)33-19-15-29(16-20-33)41(48)49)44-40-37(35-9-1-2-10-36(35)52-40)39(47)43-32-17-13-26(14-18-32)11-12-27-5-3-8-31(23-27)42(50)51/h3-8,13-14,17-18,23-24,29,33-34H,1-2,9-12,15-16,19-22,25H2,(H,43,47)(H,44,46)(H,48,49)(H,50,51). The number of fused-ring (bicyclic) bond motifs is 1. The van der Waals surface area contributed by atoms with Crippen molar-refractivity contribution >= 4 is 45.8 Å². The second-order valence-corrected chi connectivity index (χ2v) is 15.6. The number of nitrogens with zero attached hydrogens (tertiary/aromatic N) is 1. The third-order valence-electron chi connectivity index (χ3n) is 10.8. The molecule has 0 atom stereocenters. The van der Waals surface area contributed by atoms with Gasteiger partial charge in [-0.05, 0) is 136 Å². The third kappa shape index (κ3) is 8.45. The van der Waals surface area contributed by atoms with Gasteiger partial charge >= 0.3 is 11.9 Å². The summed E-state index contributed by atoms with van der Waals surface area (Å²) in [6.07, 6.45) is 10.7. The summed E-state index contributed by atoms with van der Waals surface area (Å²) in [6, 6.07) is 23.3. The summed E-state index contributed by atoms with van der Waals surface area (Å²) < 4.78 is 0. The monoisotopic (exact) mass is 719 g/mol. The summed E-state index contributed by atoms with van der Waals surface area (Å²) in [5, 5.41) is 25.5. The number of nitrogens with one attached hydrogen (secondary N) is 2. The largest absolute Gasteiger partial charge is 0.481 e. The van der Waals surface area contributed by atoms with E-state index in [0.29, 0.717) is 53.2 Å². The zero-order valence-corrected chi connectivity index (χ0v) is 30.1. The van der Waals surface area contributed by atoms with Crippen molar-refractivity contribution < 1.29 is 29.4 Å². The lowest BCUT2D eigenvalue weighted by Gasteiger charge is -2.36. The van der Waals surface area contributed by atoms with Gasteiger partial charge in [-0.15, -0.1) is 11.3 Å². The van der Waals surface area contributed by atoms with Crippen LogP contribution in [0.3, 0.4) is 0 Å². The first-order valence-electron chi connectivity index (χ1n) is 18.5. The summed E-state index contributed by atoms with van der Waals surface area (Å²) >= 11 is 1.50. The van der Waals surface area contributed by atoms with Crippen molar-refractivity contribution in [3.05, 3.63) is 117 Å². The maximum atomic E-state index is 13.9. The zero-order valence-electron chi connectivity index (χ0n) is 29.2. The normalized spacial score (nSPS) is 18.4. The summed E-state index contributed by atoms with van der Waals surface area (Å²) in [5.41, 5.74) is 6.15.